The monoisotopic (exact) mass is 645 g/mol. The van der Waals surface area contributed by atoms with Crippen LogP contribution in [-0.4, -0.2) is 65.1 Å². The summed E-state index contributed by atoms with van der Waals surface area (Å²) in [6.45, 7) is 6.80. The molecule has 2 amide bonds. The van der Waals surface area contributed by atoms with Crippen LogP contribution in [0.3, 0.4) is 0 Å². The number of carbonyl (C=O) groups excluding carboxylic acids is 2. The number of benzene rings is 3. The van der Waals surface area contributed by atoms with Gasteiger partial charge in [-0.2, -0.15) is 0 Å². The molecule has 238 valence electrons. The Morgan fingerprint density at radius 1 is 0.909 bits per heavy atom. The summed E-state index contributed by atoms with van der Waals surface area (Å²) in [7, 11) is -0.204. The zero-order valence-corrected chi connectivity index (χ0v) is 27.7. The summed E-state index contributed by atoms with van der Waals surface area (Å²) in [5, 5.41) is 3.16. The fourth-order valence-electron chi connectivity index (χ4n) is 4.53. The van der Waals surface area contributed by atoms with Gasteiger partial charge >= 0.3 is 0 Å². The topological polar surface area (TPSA) is 114 Å². The van der Waals surface area contributed by atoms with E-state index in [9.17, 15) is 18.0 Å². The Balaban J connectivity index is 2.15. The van der Waals surface area contributed by atoms with E-state index in [0.717, 1.165) is 15.4 Å². The zero-order valence-electron chi connectivity index (χ0n) is 26.1. The summed E-state index contributed by atoms with van der Waals surface area (Å²) in [6, 6.07) is 15.2. The Labute approximate surface area is 264 Å². The van der Waals surface area contributed by atoms with Gasteiger partial charge in [-0.3, -0.25) is 13.9 Å². The van der Waals surface area contributed by atoms with E-state index >= 15 is 0 Å². The standard InChI is InChI=1S/C32H40ClN3O7S/c1-8-22(3)34-32(38)23(4)35(19-24-11-9-10-21(2)16-24)31(37)20-36(27-17-25(33)12-14-28(27)41-5)44(39,40)26-13-15-29(42-6)30(18-26)43-7/h9-18,22-23H,8,19-20H2,1-7H3,(H,34,38)/t22-,23-/m1/s1. The van der Waals surface area contributed by atoms with Crippen molar-refractivity contribution in [2.24, 2.45) is 0 Å². The summed E-state index contributed by atoms with van der Waals surface area (Å²) in [6.07, 6.45) is 0.705. The first kappa shape index (κ1) is 34.5. The molecule has 0 saturated heterocycles. The number of rotatable bonds is 14. The first-order chi connectivity index (χ1) is 20.9. The summed E-state index contributed by atoms with van der Waals surface area (Å²) in [4.78, 5) is 28.7. The highest BCUT2D eigenvalue weighted by molar-refractivity contribution is 7.92. The van der Waals surface area contributed by atoms with Gasteiger partial charge in [0.25, 0.3) is 10.0 Å². The van der Waals surface area contributed by atoms with E-state index in [0.29, 0.717) is 12.2 Å². The molecule has 0 fully saturated rings. The van der Waals surface area contributed by atoms with E-state index < -0.39 is 28.5 Å². The number of nitrogens with one attached hydrogen (secondary N) is 1. The Bertz CT molecular complexity index is 1580. The molecule has 0 unspecified atom stereocenters. The molecule has 1 N–H and O–H groups in total. The lowest BCUT2D eigenvalue weighted by molar-refractivity contribution is -0.139. The SMILES string of the molecule is CC[C@@H](C)NC(=O)[C@@H](C)N(Cc1cccc(C)c1)C(=O)CN(c1cc(Cl)ccc1OC)S(=O)(=O)c1ccc(OC)c(OC)c1. The van der Waals surface area contributed by atoms with Crippen LogP contribution in [-0.2, 0) is 26.2 Å². The van der Waals surface area contributed by atoms with Gasteiger partial charge < -0.3 is 24.4 Å². The molecule has 0 heterocycles. The summed E-state index contributed by atoms with van der Waals surface area (Å²) in [5.74, 6) is -0.257. The molecule has 0 radical (unpaired) electrons. The molecule has 12 heteroatoms. The summed E-state index contributed by atoms with van der Waals surface area (Å²) >= 11 is 6.31. The van der Waals surface area contributed by atoms with Crippen molar-refractivity contribution in [3.05, 3.63) is 76.8 Å². The highest BCUT2D eigenvalue weighted by Crippen LogP contribution is 2.37. The smallest absolute Gasteiger partial charge is 0.265 e. The average molecular weight is 646 g/mol. The van der Waals surface area contributed by atoms with Gasteiger partial charge in [0, 0.05) is 23.7 Å². The van der Waals surface area contributed by atoms with Crippen LogP contribution in [0.25, 0.3) is 0 Å². The van der Waals surface area contributed by atoms with Crippen molar-refractivity contribution in [3.8, 4) is 17.2 Å². The van der Waals surface area contributed by atoms with E-state index in [1.165, 1.54) is 56.6 Å². The van der Waals surface area contributed by atoms with E-state index in [1.54, 1.807) is 13.0 Å². The summed E-state index contributed by atoms with van der Waals surface area (Å²) in [5.41, 5.74) is 1.82. The van der Waals surface area contributed by atoms with Crippen LogP contribution < -0.4 is 23.8 Å². The maximum atomic E-state index is 14.3. The fourth-order valence-corrected chi connectivity index (χ4v) is 6.13. The number of ether oxygens (including phenoxy) is 3. The number of anilines is 1. The lowest BCUT2D eigenvalue weighted by atomic mass is 10.1. The first-order valence-corrected chi connectivity index (χ1v) is 15.9. The van der Waals surface area contributed by atoms with Crippen LogP contribution in [0.2, 0.25) is 5.02 Å². The third kappa shape index (κ3) is 8.15. The van der Waals surface area contributed by atoms with Crippen LogP contribution in [0.5, 0.6) is 17.2 Å². The van der Waals surface area contributed by atoms with Crippen LogP contribution in [0, 0.1) is 6.92 Å². The number of amides is 2. The van der Waals surface area contributed by atoms with Gasteiger partial charge in [0.05, 0.1) is 31.9 Å². The quantitative estimate of drug-likeness (QED) is 0.256. The van der Waals surface area contributed by atoms with Gasteiger partial charge in [0.15, 0.2) is 11.5 Å². The van der Waals surface area contributed by atoms with Gasteiger partial charge in [-0.25, -0.2) is 8.42 Å². The van der Waals surface area contributed by atoms with Crippen molar-refractivity contribution < 1.29 is 32.2 Å². The van der Waals surface area contributed by atoms with Crippen molar-refractivity contribution in [2.45, 2.75) is 57.6 Å². The normalized spacial score (nSPS) is 12.5. The van der Waals surface area contributed by atoms with Crippen LogP contribution >= 0.6 is 11.6 Å². The maximum absolute atomic E-state index is 14.3. The second kappa shape index (κ2) is 15.2. The van der Waals surface area contributed by atoms with Crippen molar-refractivity contribution >= 4 is 39.1 Å². The number of methoxy groups -OCH3 is 3. The van der Waals surface area contributed by atoms with E-state index in [-0.39, 0.29) is 45.6 Å². The average Bonchev–Trinajstić information content (AvgIpc) is 3.01. The predicted molar refractivity (Wildman–Crippen MR) is 171 cm³/mol. The van der Waals surface area contributed by atoms with Crippen LogP contribution in [0.4, 0.5) is 5.69 Å². The van der Waals surface area contributed by atoms with Crippen LogP contribution in [0.15, 0.2) is 65.6 Å². The lowest BCUT2D eigenvalue weighted by Gasteiger charge is -2.33. The van der Waals surface area contributed by atoms with E-state index in [2.05, 4.69) is 5.32 Å². The summed E-state index contributed by atoms with van der Waals surface area (Å²) < 4.78 is 45.7. The highest BCUT2D eigenvalue weighted by Gasteiger charge is 2.34. The number of carbonyl (C=O) groups is 2. The lowest BCUT2D eigenvalue weighted by Crippen LogP contribution is -2.52. The minimum absolute atomic E-state index is 0.0513. The predicted octanol–water partition coefficient (Wildman–Crippen LogP) is 5.20. The third-order valence-corrected chi connectivity index (χ3v) is 9.23. The molecule has 10 nitrogen and oxygen atoms in total. The second-order valence-electron chi connectivity index (χ2n) is 10.3. The van der Waals surface area contributed by atoms with Crippen molar-refractivity contribution in [1.82, 2.24) is 10.2 Å². The highest BCUT2D eigenvalue weighted by atomic mass is 35.5. The molecule has 2 atom stereocenters. The number of nitrogens with zero attached hydrogens (tertiary/aromatic N) is 2. The van der Waals surface area contributed by atoms with Gasteiger partial charge in [-0.1, -0.05) is 48.4 Å². The molecule has 0 aliphatic heterocycles. The van der Waals surface area contributed by atoms with Gasteiger partial charge in [-0.15, -0.1) is 0 Å². The molecule has 3 rings (SSSR count). The van der Waals surface area contributed by atoms with E-state index in [1.807, 2.05) is 45.0 Å². The second-order valence-corrected chi connectivity index (χ2v) is 12.6. The maximum Gasteiger partial charge on any atom is 0.265 e. The minimum atomic E-state index is -4.43. The molecule has 3 aromatic rings. The fraction of sp³-hybridized carbons (Fsp3) is 0.375. The Kier molecular flexibility index (Phi) is 11.9. The first-order valence-electron chi connectivity index (χ1n) is 14.1. The Hall–Kier alpha value is -3.96. The number of sulfonamides is 1. The van der Waals surface area contributed by atoms with Gasteiger partial charge in [-0.05, 0) is 63.1 Å². The molecular formula is C32H40ClN3O7S. The third-order valence-electron chi connectivity index (χ3n) is 7.24. The van der Waals surface area contributed by atoms with Crippen molar-refractivity contribution in [1.29, 1.82) is 0 Å². The van der Waals surface area contributed by atoms with Gasteiger partial charge in [0.1, 0.15) is 18.3 Å². The Morgan fingerprint density at radius 3 is 2.18 bits per heavy atom. The number of aryl methyl sites for hydroxylation is 1. The van der Waals surface area contributed by atoms with Crippen LogP contribution in [0.1, 0.15) is 38.3 Å². The molecule has 0 aromatic heterocycles. The number of halogens is 1. The molecular weight excluding hydrogens is 606 g/mol. The molecule has 0 spiro atoms. The molecule has 0 aliphatic rings. The number of hydrogen-bond acceptors (Lipinski definition) is 7. The molecule has 0 saturated carbocycles. The molecule has 44 heavy (non-hydrogen) atoms. The molecule has 0 aliphatic carbocycles. The minimum Gasteiger partial charge on any atom is -0.495 e. The Morgan fingerprint density at radius 2 is 1.57 bits per heavy atom. The van der Waals surface area contributed by atoms with Crippen molar-refractivity contribution in [3.63, 3.8) is 0 Å². The largest absolute Gasteiger partial charge is 0.495 e. The zero-order chi connectivity index (χ0) is 32.6. The van der Waals surface area contributed by atoms with Crippen molar-refractivity contribution in [2.75, 3.05) is 32.2 Å². The molecule has 0 bridgehead atoms. The number of hydrogen-bond donors (Lipinski definition) is 1. The molecule has 3 aromatic carbocycles. The van der Waals surface area contributed by atoms with Gasteiger partial charge in [0.2, 0.25) is 11.8 Å². The van der Waals surface area contributed by atoms with E-state index in [4.69, 9.17) is 25.8 Å².